The van der Waals surface area contributed by atoms with E-state index < -0.39 is 0 Å². The summed E-state index contributed by atoms with van der Waals surface area (Å²) < 4.78 is 0. The van der Waals surface area contributed by atoms with Crippen LogP contribution < -0.4 is 5.32 Å². The van der Waals surface area contributed by atoms with Gasteiger partial charge in [-0.1, -0.05) is 48.5 Å². The lowest BCUT2D eigenvalue weighted by molar-refractivity contribution is 0.0954. The number of carbonyl (C=O) groups is 1. The molecule has 1 atom stereocenters. The number of benzene rings is 2. The Labute approximate surface area is 107 Å². The van der Waals surface area contributed by atoms with Crippen LogP contribution in [0.15, 0.2) is 54.6 Å². The Morgan fingerprint density at radius 1 is 0.944 bits per heavy atom. The maximum atomic E-state index is 12.0. The van der Waals surface area contributed by atoms with Gasteiger partial charge in [0.15, 0.2) is 0 Å². The molecule has 3 rings (SSSR count). The van der Waals surface area contributed by atoms with Crippen LogP contribution in [0.4, 0.5) is 0 Å². The number of carbonyl (C=O) groups excluding carboxylic acids is 1. The molecule has 1 aliphatic rings. The Hall–Kier alpha value is -2.09. The number of rotatable bonds is 1. The highest BCUT2D eigenvalue weighted by molar-refractivity contribution is 5.96. The van der Waals surface area contributed by atoms with Gasteiger partial charge in [-0.15, -0.1) is 0 Å². The molecule has 1 N–H and O–H groups in total. The molecule has 0 saturated carbocycles. The van der Waals surface area contributed by atoms with Crippen LogP contribution >= 0.6 is 0 Å². The van der Waals surface area contributed by atoms with Crippen LogP contribution in [0.1, 0.15) is 27.4 Å². The molecule has 0 saturated heterocycles. The third-order valence-electron chi connectivity index (χ3n) is 3.51. The molecule has 2 heteroatoms. The van der Waals surface area contributed by atoms with E-state index in [0.29, 0.717) is 12.5 Å². The molecular weight excluding hydrogens is 222 g/mol. The van der Waals surface area contributed by atoms with E-state index >= 15 is 0 Å². The Balaban J connectivity index is 1.97. The average molecular weight is 237 g/mol. The minimum Gasteiger partial charge on any atom is -0.351 e. The van der Waals surface area contributed by atoms with Crippen LogP contribution in [0.2, 0.25) is 0 Å². The first kappa shape index (κ1) is 11.0. The Morgan fingerprint density at radius 2 is 1.67 bits per heavy atom. The van der Waals surface area contributed by atoms with Crippen LogP contribution in [-0.4, -0.2) is 12.5 Å². The van der Waals surface area contributed by atoms with Gasteiger partial charge in [-0.05, 0) is 23.6 Å². The molecule has 18 heavy (non-hydrogen) atoms. The maximum absolute atomic E-state index is 12.0. The molecule has 2 nitrogen and oxygen atoms in total. The molecule has 1 aliphatic heterocycles. The van der Waals surface area contributed by atoms with Crippen molar-refractivity contribution in [3.8, 4) is 0 Å². The Bertz CT molecular complexity index is 562. The number of fused-ring (bicyclic) bond motifs is 1. The fourth-order valence-corrected chi connectivity index (χ4v) is 2.53. The van der Waals surface area contributed by atoms with Gasteiger partial charge in [0.1, 0.15) is 0 Å². The van der Waals surface area contributed by atoms with Gasteiger partial charge in [-0.3, -0.25) is 4.79 Å². The van der Waals surface area contributed by atoms with E-state index in [1.54, 1.807) is 0 Å². The third kappa shape index (κ3) is 2.02. The molecule has 0 radical (unpaired) electrons. The van der Waals surface area contributed by atoms with E-state index in [1.165, 1.54) is 5.56 Å². The molecule has 0 aromatic heterocycles. The maximum Gasteiger partial charge on any atom is 0.251 e. The Kier molecular flexibility index (Phi) is 2.85. The molecule has 0 unspecified atom stereocenters. The minimum atomic E-state index is 0.0454. The van der Waals surface area contributed by atoms with Crippen molar-refractivity contribution in [1.29, 1.82) is 0 Å². The van der Waals surface area contributed by atoms with Crippen LogP contribution in [0.3, 0.4) is 0 Å². The first-order chi connectivity index (χ1) is 8.84. The molecule has 1 heterocycles. The highest BCUT2D eigenvalue weighted by Crippen LogP contribution is 2.24. The first-order valence-corrected chi connectivity index (χ1v) is 6.25. The van der Waals surface area contributed by atoms with Gasteiger partial charge >= 0.3 is 0 Å². The van der Waals surface area contributed by atoms with Crippen molar-refractivity contribution < 1.29 is 4.79 Å². The topological polar surface area (TPSA) is 29.1 Å². The molecular formula is C16H15NO. The van der Waals surface area contributed by atoms with Crippen molar-refractivity contribution in [1.82, 2.24) is 5.32 Å². The summed E-state index contributed by atoms with van der Waals surface area (Å²) in [5, 5.41) is 3.01. The van der Waals surface area contributed by atoms with E-state index in [0.717, 1.165) is 17.5 Å². The zero-order valence-corrected chi connectivity index (χ0v) is 10.1. The largest absolute Gasteiger partial charge is 0.351 e. The van der Waals surface area contributed by atoms with E-state index in [-0.39, 0.29) is 5.91 Å². The molecule has 2 aromatic carbocycles. The highest BCUT2D eigenvalue weighted by Gasteiger charge is 2.21. The SMILES string of the molecule is O=C1NC[C@H](c2ccccc2)Cc2ccccc21. The van der Waals surface area contributed by atoms with Gasteiger partial charge in [0.2, 0.25) is 0 Å². The summed E-state index contributed by atoms with van der Waals surface area (Å²) in [6.45, 7) is 0.706. The summed E-state index contributed by atoms with van der Waals surface area (Å²) in [7, 11) is 0. The molecule has 90 valence electrons. The van der Waals surface area contributed by atoms with Crippen LogP contribution in [0.25, 0.3) is 0 Å². The van der Waals surface area contributed by atoms with E-state index in [2.05, 4.69) is 23.5 Å². The molecule has 0 fully saturated rings. The number of hydrogen-bond donors (Lipinski definition) is 1. The van der Waals surface area contributed by atoms with E-state index in [9.17, 15) is 4.79 Å². The smallest absolute Gasteiger partial charge is 0.251 e. The summed E-state index contributed by atoms with van der Waals surface area (Å²) in [5.74, 6) is 0.405. The quantitative estimate of drug-likeness (QED) is 0.811. The summed E-state index contributed by atoms with van der Waals surface area (Å²) in [4.78, 5) is 12.0. The summed E-state index contributed by atoms with van der Waals surface area (Å²) in [6.07, 6.45) is 0.916. The van der Waals surface area contributed by atoms with Crippen molar-refractivity contribution in [2.24, 2.45) is 0 Å². The first-order valence-electron chi connectivity index (χ1n) is 6.25. The summed E-state index contributed by atoms with van der Waals surface area (Å²) >= 11 is 0. The Morgan fingerprint density at radius 3 is 2.50 bits per heavy atom. The number of amides is 1. The second kappa shape index (κ2) is 4.65. The highest BCUT2D eigenvalue weighted by atomic mass is 16.1. The minimum absolute atomic E-state index is 0.0454. The molecule has 1 amide bonds. The van der Waals surface area contributed by atoms with Gasteiger partial charge in [-0.25, -0.2) is 0 Å². The standard InChI is InChI=1S/C16H15NO/c18-16-15-9-5-4-8-13(15)10-14(11-17-16)12-6-2-1-3-7-12/h1-9,14H,10-11H2,(H,17,18)/t14-/m1/s1. The van der Waals surface area contributed by atoms with Crippen molar-refractivity contribution in [3.63, 3.8) is 0 Å². The predicted molar refractivity (Wildman–Crippen MR) is 71.7 cm³/mol. The number of hydrogen-bond acceptors (Lipinski definition) is 1. The van der Waals surface area contributed by atoms with E-state index in [4.69, 9.17) is 0 Å². The zero-order valence-electron chi connectivity index (χ0n) is 10.1. The van der Waals surface area contributed by atoms with Gasteiger partial charge in [0.05, 0.1) is 0 Å². The summed E-state index contributed by atoms with van der Waals surface area (Å²) in [5.41, 5.74) is 3.24. The normalized spacial score (nSPS) is 18.7. The predicted octanol–water partition coefficient (Wildman–Crippen LogP) is 2.76. The van der Waals surface area contributed by atoms with E-state index in [1.807, 2.05) is 36.4 Å². The molecule has 0 bridgehead atoms. The van der Waals surface area contributed by atoms with Crippen LogP contribution in [0.5, 0.6) is 0 Å². The molecule has 0 aliphatic carbocycles. The summed E-state index contributed by atoms with van der Waals surface area (Å²) in [6, 6.07) is 18.2. The van der Waals surface area contributed by atoms with Crippen molar-refractivity contribution >= 4 is 5.91 Å². The lowest BCUT2D eigenvalue weighted by atomic mass is 9.91. The lowest BCUT2D eigenvalue weighted by Crippen LogP contribution is -2.25. The van der Waals surface area contributed by atoms with Crippen LogP contribution in [-0.2, 0) is 6.42 Å². The molecule has 2 aromatic rings. The van der Waals surface area contributed by atoms with Crippen LogP contribution in [0, 0.1) is 0 Å². The van der Waals surface area contributed by atoms with Gasteiger partial charge < -0.3 is 5.32 Å². The zero-order chi connectivity index (χ0) is 12.4. The van der Waals surface area contributed by atoms with Gasteiger partial charge in [0, 0.05) is 18.0 Å². The monoisotopic (exact) mass is 237 g/mol. The van der Waals surface area contributed by atoms with Crippen molar-refractivity contribution in [2.75, 3.05) is 6.54 Å². The second-order valence-electron chi connectivity index (χ2n) is 4.68. The van der Waals surface area contributed by atoms with Crippen molar-refractivity contribution in [3.05, 3.63) is 71.3 Å². The van der Waals surface area contributed by atoms with Crippen molar-refractivity contribution in [2.45, 2.75) is 12.3 Å². The lowest BCUT2D eigenvalue weighted by Gasteiger charge is -2.14. The van der Waals surface area contributed by atoms with Gasteiger partial charge in [0.25, 0.3) is 5.91 Å². The second-order valence-corrected chi connectivity index (χ2v) is 4.68. The molecule has 0 spiro atoms. The fraction of sp³-hybridized carbons (Fsp3) is 0.188. The van der Waals surface area contributed by atoms with Gasteiger partial charge in [-0.2, -0.15) is 0 Å². The number of nitrogens with one attached hydrogen (secondary N) is 1. The fourth-order valence-electron chi connectivity index (χ4n) is 2.53. The third-order valence-corrected chi connectivity index (χ3v) is 3.51. The average Bonchev–Trinajstić information content (AvgIpc) is 2.60.